The van der Waals surface area contributed by atoms with E-state index in [2.05, 4.69) is 19.2 Å². The van der Waals surface area contributed by atoms with Gasteiger partial charge in [-0.25, -0.2) is 0 Å². The molecule has 0 spiro atoms. The minimum atomic E-state index is -0.634. The fourth-order valence-corrected chi connectivity index (χ4v) is 6.34. The molecule has 0 amide bonds. The van der Waals surface area contributed by atoms with E-state index >= 15 is 0 Å². The largest absolute Gasteiger partial charge is 0.316 e. The molecule has 0 radical (unpaired) electrons. The summed E-state index contributed by atoms with van der Waals surface area (Å²) in [6, 6.07) is 0.464. The van der Waals surface area contributed by atoms with Crippen molar-refractivity contribution < 1.29 is 4.21 Å². The van der Waals surface area contributed by atoms with E-state index in [-0.39, 0.29) is 0 Å². The van der Waals surface area contributed by atoms with Crippen LogP contribution in [0.15, 0.2) is 0 Å². The maximum Gasteiger partial charge on any atom is 0.0526 e. The molecule has 2 aliphatic carbocycles. The third kappa shape index (κ3) is 3.36. The van der Waals surface area contributed by atoms with E-state index in [0.29, 0.717) is 17.2 Å². The second-order valence-electron chi connectivity index (χ2n) is 6.61. The van der Waals surface area contributed by atoms with E-state index in [9.17, 15) is 4.21 Å². The lowest BCUT2D eigenvalue weighted by Gasteiger charge is -2.39. The van der Waals surface area contributed by atoms with Crippen molar-refractivity contribution in [2.24, 2.45) is 17.8 Å². The van der Waals surface area contributed by atoms with Gasteiger partial charge >= 0.3 is 0 Å². The van der Waals surface area contributed by atoms with Crippen LogP contribution >= 0.6 is 0 Å². The van der Waals surface area contributed by atoms with Gasteiger partial charge in [-0.15, -0.1) is 0 Å². The Bertz CT molecular complexity index is 288. The molecule has 1 N–H and O–H groups in total. The van der Waals surface area contributed by atoms with Crippen molar-refractivity contribution in [1.29, 1.82) is 0 Å². The van der Waals surface area contributed by atoms with Gasteiger partial charge in [0.2, 0.25) is 0 Å². The lowest BCUT2D eigenvalue weighted by molar-refractivity contribution is 0.253. The molecule has 18 heavy (non-hydrogen) atoms. The Kier molecular flexibility index (Phi) is 5.25. The Labute approximate surface area is 115 Å². The molecule has 0 bridgehead atoms. The third-order valence-corrected chi connectivity index (χ3v) is 7.14. The second-order valence-corrected chi connectivity index (χ2v) is 8.25. The van der Waals surface area contributed by atoms with E-state index in [1.807, 2.05) is 7.05 Å². The van der Waals surface area contributed by atoms with Crippen LogP contribution < -0.4 is 5.32 Å². The molecule has 2 aliphatic rings. The first-order valence-corrected chi connectivity index (χ1v) is 9.04. The Balaban J connectivity index is 1.97. The van der Waals surface area contributed by atoms with Gasteiger partial charge < -0.3 is 5.32 Å². The van der Waals surface area contributed by atoms with Crippen molar-refractivity contribution in [3.63, 3.8) is 0 Å². The highest BCUT2D eigenvalue weighted by Crippen LogP contribution is 2.34. The molecule has 3 heteroatoms. The summed E-state index contributed by atoms with van der Waals surface area (Å²) in [5.74, 6) is 3.09. The smallest absolute Gasteiger partial charge is 0.0526 e. The van der Waals surface area contributed by atoms with Gasteiger partial charge in [-0.05, 0) is 50.5 Å². The Morgan fingerprint density at radius 3 is 2.44 bits per heavy atom. The van der Waals surface area contributed by atoms with Crippen LogP contribution in [0, 0.1) is 17.8 Å². The van der Waals surface area contributed by atoms with Crippen molar-refractivity contribution in [2.45, 2.75) is 63.7 Å². The molecule has 2 saturated carbocycles. The topological polar surface area (TPSA) is 29.1 Å². The highest BCUT2D eigenvalue weighted by molar-refractivity contribution is 7.85. The number of nitrogens with one attached hydrogen (secondary N) is 1. The summed E-state index contributed by atoms with van der Waals surface area (Å²) in [5, 5.41) is 3.81. The van der Waals surface area contributed by atoms with Crippen LogP contribution in [0.1, 0.15) is 52.4 Å². The average Bonchev–Trinajstić information content (AvgIpc) is 2.80. The van der Waals surface area contributed by atoms with Crippen molar-refractivity contribution in [2.75, 3.05) is 12.8 Å². The average molecular weight is 271 g/mol. The minimum Gasteiger partial charge on any atom is -0.316 e. The maximum absolute atomic E-state index is 12.7. The zero-order valence-electron chi connectivity index (χ0n) is 12.2. The molecule has 2 rings (SSSR count). The molecule has 2 nitrogen and oxygen atoms in total. The van der Waals surface area contributed by atoms with E-state index in [0.717, 1.165) is 17.6 Å². The van der Waals surface area contributed by atoms with Crippen molar-refractivity contribution in [3.05, 3.63) is 0 Å². The zero-order valence-corrected chi connectivity index (χ0v) is 13.0. The van der Waals surface area contributed by atoms with E-state index in [1.165, 1.54) is 38.5 Å². The van der Waals surface area contributed by atoms with Crippen LogP contribution in [0.4, 0.5) is 0 Å². The lowest BCUT2D eigenvalue weighted by Crippen LogP contribution is -2.49. The Morgan fingerprint density at radius 1 is 1.17 bits per heavy atom. The van der Waals surface area contributed by atoms with E-state index in [1.54, 1.807) is 0 Å². The molecular weight excluding hydrogens is 242 g/mol. The molecule has 0 aromatic rings. The first-order chi connectivity index (χ1) is 8.61. The van der Waals surface area contributed by atoms with Crippen LogP contribution in [0.3, 0.4) is 0 Å². The molecule has 5 unspecified atom stereocenters. The molecule has 0 saturated heterocycles. The predicted molar refractivity (Wildman–Crippen MR) is 79.2 cm³/mol. The molecule has 2 fully saturated rings. The molecular formula is C15H29NOS. The van der Waals surface area contributed by atoms with Gasteiger partial charge in [-0.2, -0.15) is 0 Å². The van der Waals surface area contributed by atoms with Gasteiger partial charge in [-0.1, -0.05) is 26.7 Å². The fraction of sp³-hybridized carbons (Fsp3) is 1.00. The summed E-state index contributed by atoms with van der Waals surface area (Å²) in [6.45, 7) is 4.63. The zero-order chi connectivity index (χ0) is 13.1. The Hall–Kier alpha value is 0.110. The molecule has 0 aromatic heterocycles. The third-order valence-electron chi connectivity index (χ3n) is 4.94. The van der Waals surface area contributed by atoms with Crippen LogP contribution in [-0.2, 0) is 10.8 Å². The predicted octanol–water partition coefficient (Wildman–Crippen LogP) is 2.95. The Morgan fingerprint density at radius 2 is 1.83 bits per heavy atom. The molecule has 0 aliphatic heterocycles. The summed E-state index contributed by atoms with van der Waals surface area (Å²) in [4.78, 5) is 0. The molecule has 106 valence electrons. The number of hydrogen-bond acceptors (Lipinski definition) is 2. The van der Waals surface area contributed by atoms with Gasteiger partial charge in [0, 0.05) is 22.6 Å². The monoisotopic (exact) mass is 271 g/mol. The minimum absolute atomic E-state index is 0.381. The lowest BCUT2D eigenvalue weighted by atomic mass is 9.80. The van der Waals surface area contributed by atoms with Crippen LogP contribution in [-0.4, -0.2) is 28.3 Å². The molecule has 5 atom stereocenters. The maximum atomic E-state index is 12.7. The summed E-state index contributed by atoms with van der Waals surface area (Å²) >= 11 is 0. The number of rotatable bonds is 4. The quantitative estimate of drug-likeness (QED) is 0.852. The van der Waals surface area contributed by atoms with Gasteiger partial charge in [0.15, 0.2) is 0 Å². The molecule has 0 heterocycles. The van der Waals surface area contributed by atoms with Crippen LogP contribution in [0.5, 0.6) is 0 Å². The SMILES string of the molecule is CNC1CC(C)CC(C)C1S(=O)CC1CCCC1. The number of hydrogen-bond donors (Lipinski definition) is 1. The van der Waals surface area contributed by atoms with Crippen molar-refractivity contribution in [1.82, 2.24) is 5.32 Å². The van der Waals surface area contributed by atoms with E-state index < -0.39 is 10.8 Å². The summed E-state index contributed by atoms with van der Waals surface area (Å²) in [5.41, 5.74) is 0. The van der Waals surface area contributed by atoms with Crippen molar-refractivity contribution in [3.8, 4) is 0 Å². The van der Waals surface area contributed by atoms with Gasteiger partial charge in [0.1, 0.15) is 0 Å². The van der Waals surface area contributed by atoms with Gasteiger partial charge in [0.25, 0.3) is 0 Å². The van der Waals surface area contributed by atoms with Gasteiger partial charge in [0.05, 0.1) is 5.25 Å². The first kappa shape index (κ1) is 14.5. The normalized spacial score (nSPS) is 39.9. The summed E-state index contributed by atoms with van der Waals surface area (Å²) in [6.07, 6.45) is 7.78. The van der Waals surface area contributed by atoms with Crippen LogP contribution in [0.2, 0.25) is 0 Å². The van der Waals surface area contributed by atoms with Gasteiger partial charge in [-0.3, -0.25) is 4.21 Å². The highest BCUT2D eigenvalue weighted by atomic mass is 32.2. The fourth-order valence-electron chi connectivity index (χ4n) is 4.07. The standard InChI is InChI=1S/C15H29NOS/c1-11-8-12(2)15(14(9-11)16-3)18(17)10-13-6-4-5-7-13/h11-16H,4-10H2,1-3H3. The summed E-state index contributed by atoms with van der Waals surface area (Å²) < 4.78 is 12.7. The first-order valence-electron chi connectivity index (χ1n) is 7.66. The molecule has 0 aromatic carbocycles. The van der Waals surface area contributed by atoms with Crippen LogP contribution in [0.25, 0.3) is 0 Å². The summed E-state index contributed by atoms with van der Waals surface area (Å²) in [7, 11) is 1.40. The van der Waals surface area contributed by atoms with Crippen molar-refractivity contribution >= 4 is 10.8 Å². The van der Waals surface area contributed by atoms with E-state index in [4.69, 9.17) is 0 Å². The highest BCUT2D eigenvalue weighted by Gasteiger charge is 2.37. The second kappa shape index (κ2) is 6.51.